The average Bonchev–Trinajstić information content (AvgIpc) is 2.64. The van der Waals surface area contributed by atoms with Gasteiger partial charge in [0.05, 0.1) is 0 Å². The predicted molar refractivity (Wildman–Crippen MR) is 117 cm³/mol. The minimum absolute atomic E-state index is 0. The van der Waals surface area contributed by atoms with Crippen LogP contribution in [0, 0.1) is 5.92 Å². The minimum atomic E-state index is 0. The number of halogens is 2. The van der Waals surface area contributed by atoms with Gasteiger partial charge in [0, 0.05) is 31.6 Å². The molecule has 2 heterocycles. The maximum atomic E-state index is 12.3. The van der Waals surface area contributed by atoms with Crippen LogP contribution in [0.15, 0.2) is 30.3 Å². The first-order valence-electron chi connectivity index (χ1n) is 9.99. The molecule has 2 fully saturated rings. The number of rotatable bonds is 6. The lowest BCUT2D eigenvalue weighted by Gasteiger charge is -2.38. The third-order valence-corrected chi connectivity index (χ3v) is 5.85. The van der Waals surface area contributed by atoms with Gasteiger partial charge in [-0.2, -0.15) is 0 Å². The van der Waals surface area contributed by atoms with Crippen LogP contribution in [0.3, 0.4) is 0 Å². The molecule has 0 bridgehead atoms. The number of nitrogens with zero attached hydrogens (tertiary/aromatic N) is 1. The van der Waals surface area contributed by atoms with Crippen LogP contribution >= 0.6 is 24.8 Å². The average molecular weight is 416 g/mol. The van der Waals surface area contributed by atoms with Crippen molar-refractivity contribution in [3.63, 3.8) is 0 Å². The fourth-order valence-corrected chi connectivity index (χ4v) is 4.21. The summed E-state index contributed by atoms with van der Waals surface area (Å²) >= 11 is 0. The Morgan fingerprint density at radius 2 is 1.85 bits per heavy atom. The summed E-state index contributed by atoms with van der Waals surface area (Å²) < 4.78 is 0. The number of hydrogen-bond donors (Lipinski definition) is 2. The molecule has 1 aromatic rings. The van der Waals surface area contributed by atoms with Crippen molar-refractivity contribution in [3.05, 3.63) is 35.9 Å². The van der Waals surface area contributed by atoms with E-state index in [1.807, 2.05) is 0 Å². The largest absolute Gasteiger partial charge is 0.353 e. The molecule has 2 unspecified atom stereocenters. The lowest BCUT2D eigenvalue weighted by atomic mass is 9.92. The van der Waals surface area contributed by atoms with Crippen LogP contribution in [-0.4, -0.2) is 42.5 Å². The highest BCUT2D eigenvalue weighted by molar-refractivity contribution is 5.85. The second-order valence-electron chi connectivity index (χ2n) is 7.83. The van der Waals surface area contributed by atoms with Gasteiger partial charge in [0.25, 0.3) is 0 Å². The molecule has 2 N–H and O–H groups in total. The molecule has 2 saturated heterocycles. The lowest BCUT2D eigenvalue weighted by molar-refractivity contribution is -0.122. The number of carbonyl (C=O) groups excluding carboxylic acids is 1. The molecule has 0 aromatic heterocycles. The van der Waals surface area contributed by atoms with Gasteiger partial charge < -0.3 is 10.6 Å². The number of benzene rings is 1. The molecule has 6 heteroatoms. The van der Waals surface area contributed by atoms with Crippen molar-refractivity contribution >= 4 is 30.7 Å². The van der Waals surface area contributed by atoms with E-state index >= 15 is 0 Å². The zero-order valence-electron chi connectivity index (χ0n) is 16.4. The van der Waals surface area contributed by atoms with Gasteiger partial charge in [0.2, 0.25) is 5.91 Å². The van der Waals surface area contributed by atoms with E-state index in [-0.39, 0.29) is 30.7 Å². The molecule has 154 valence electrons. The molecule has 1 aromatic carbocycles. The third-order valence-electron chi connectivity index (χ3n) is 5.85. The van der Waals surface area contributed by atoms with Gasteiger partial charge in [-0.25, -0.2) is 0 Å². The molecule has 2 aliphatic heterocycles. The summed E-state index contributed by atoms with van der Waals surface area (Å²) in [4.78, 5) is 14.8. The number of hydrogen-bond acceptors (Lipinski definition) is 3. The fourth-order valence-electron chi connectivity index (χ4n) is 4.21. The lowest BCUT2D eigenvalue weighted by Crippen LogP contribution is -2.48. The third kappa shape index (κ3) is 7.98. The molecule has 0 radical (unpaired) electrons. The van der Waals surface area contributed by atoms with Crippen molar-refractivity contribution in [1.82, 2.24) is 15.5 Å². The molecule has 2 atom stereocenters. The van der Waals surface area contributed by atoms with E-state index in [9.17, 15) is 4.79 Å². The summed E-state index contributed by atoms with van der Waals surface area (Å²) in [5.41, 5.74) is 1.37. The summed E-state index contributed by atoms with van der Waals surface area (Å²) in [6.45, 7) is 6.59. The first-order valence-corrected chi connectivity index (χ1v) is 9.99. The number of nitrogens with one attached hydrogen (secondary N) is 2. The van der Waals surface area contributed by atoms with Crippen LogP contribution in [0.1, 0.15) is 51.0 Å². The highest BCUT2D eigenvalue weighted by atomic mass is 35.5. The van der Waals surface area contributed by atoms with Gasteiger partial charge in [0.1, 0.15) is 0 Å². The Bertz CT molecular complexity index is 537. The van der Waals surface area contributed by atoms with Crippen molar-refractivity contribution in [2.24, 2.45) is 5.92 Å². The Labute approximate surface area is 176 Å². The van der Waals surface area contributed by atoms with Crippen molar-refractivity contribution in [2.45, 2.75) is 64.1 Å². The maximum Gasteiger partial charge on any atom is 0.220 e. The van der Waals surface area contributed by atoms with Crippen LogP contribution in [0.25, 0.3) is 0 Å². The summed E-state index contributed by atoms with van der Waals surface area (Å²) in [6, 6.07) is 11.5. The topological polar surface area (TPSA) is 44.4 Å². The standard InChI is InChI=1S/C21H33N3O.2ClH/c1-17-15-20(11-14-24(17)16-19-5-3-2-4-6-19)23-21(25)8-7-18-9-12-22-13-10-18;;/h2-6,17-18,20,22H,7-16H2,1H3,(H,23,25);2*1H. The van der Waals surface area contributed by atoms with Gasteiger partial charge in [0.15, 0.2) is 0 Å². The fraction of sp³-hybridized carbons (Fsp3) is 0.667. The summed E-state index contributed by atoms with van der Waals surface area (Å²) in [6.07, 6.45) is 6.33. The molecular weight excluding hydrogens is 381 g/mol. The number of amides is 1. The van der Waals surface area contributed by atoms with Crippen LogP contribution in [0.5, 0.6) is 0 Å². The Hall–Kier alpha value is -0.810. The van der Waals surface area contributed by atoms with E-state index in [1.54, 1.807) is 0 Å². The van der Waals surface area contributed by atoms with E-state index in [0.29, 0.717) is 18.5 Å². The van der Waals surface area contributed by atoms with Crippen molar-refractivity contribution in [1.29, 1.82) is 0 Å². The summed E-state index contributed by atoms with van der Waals surface area (Å²) in [5, 5.41) is 6.68. The van der Waals surface area contributed by atoms with E-state index < -0.39 is 0 Å². The monoisotopic (exact) mass is 415 g/mol. The van der Waals surface area contributed by atoms with E-state index in [2.05, 4.69) is 52.8 Å². The zero-order chi connectivity index (χ0) is 17.5. The molecule has 0 saturated carbocycles. The minimum Gasteiger partial charge on any atom is -0.353 e. The Morgan fingerprint density at radius 3 is 2.52 bits per heavy atom. The van der Waals surface area contributed by atoms with E-state index in [4.69, 9.17) is 0 Å². The van der Waals surface area contributed by atoms with Gasteiger partial charge in [-0.15, -0.1) is 24.8 Å². The molecule has 4 nitrogen and oxygen atoms in total. The van der Waals surface area contributed by atoms with Crippen LogP contribution in [0.4, 0.5) is 0 Å². The van der Waals surface area contributed by atoms with Crippen LogP contribution < -0.4 is 10.6 Å². The normalized spacial score (nSPS) is 23.7. The highest BCUT2D eigenvalue weighted by Gasteiger charge is 2.26. The predicted octanol–water partition coefficient (Wildman–Crippen LogP) is 3.78. The van der Waals surface area contributed by atoms with E-state index in [0.717, 1.165) is 51.4 Å². The van der Waals surface area contributed by atoms with Gasteiger partial charge in [-0.3, -0.25) is 9.69 Å². The SMILES string of the molecule is CC1CC(NC(=O)CCC2CCNCC2)CCN1Cc1ccccc1.Cl.Cl. The Balaban J connectivity index is 0.00000182. The Morgan fingerprint density at radius 1 is 1.15 bits per heavy atom. The highest BCUT2D eigenvalue weighted by Crippen LogP contribution is 2.21. The number of carbonyl (C=O) groups is 1. The first-order chi connectivity index (χ1) is 12.2. The van der Waals surface area contributed by atoms with Crippen molar-refractivity contribution < 1.29 is 4.79 Å². The molecule has 1 amide bonds. The maximum absolute atomic E-state index is 12.3. The molecule has 3 rings (SSSR count). The van der Waals surface area contributed by atoms with Crippen LogP contribution in [-0.2, 0) is 11.3 Å². The summed E-state index contributed by atoms with van der Waals surface area (Å²) in [5.74, 6) is 0.992. The second kappa shape index (κ2) is 12.6. The molecule has 27 heavy (non-hydrogen) atoms. The van der Waals surface area contributed by atoms with E-state index in [1.165, 1.54) is 18.4 Å². The molecule has 0 aliphatic carbocycles. The van der Waals surface area contributed by atoms with Crippen LogP contribution in [0.2, 0.25) is 0 Å². The Kier molecular flexibility index (Phi) is 11.3. The zero-order valence-corrected chi connectivity index (χ0v) is 18.0. The quantitative estimate of drug-likeness (QED) is 0.742. The van der Waals surface area contributed by atoms with Gasteiger partial charge in [-0.1, -0.05) is 30.3 Å². The molecule has 2 aliphatic rings. The van der Waals surface area contributed by atoms with Gasteiger partial charge in [-0.05, 0) is 63.6 Å². The second-order valence-corrected chi connectivity index (χ2v) is 7.83. The van der Waals surface area contributed by atoms with Crippen molar-refractivity contribution in [2.75, 3.05) is 19.6 Å². The smallest absolute Gasteiger partial charge is 0.220 e. The molecular formula is C21H35Cl2N3O. The van der Waals surface area contributed by atoms with Crippen molar-refractivity contribution in [3.8, 4) is 0 Å². The first kappa shape index (κ1) is 24.2. The van der Waals surface area contributed by atoms with Gasteiger partial charge >= 0.3 is 0 Å². The number of piperidine rings is 2. The number of likely N-dealkylation sites (tertiary alicyclic amines) is 1. The molecule has 0 spiro atoms. The summed E-state index contributed by atoms with van der Waals surface area (Å²) in [7, 11) is 0.